The van der Waals surface area contributed by atoms with Crippen LogP contribution in [0.15, 0.2) is 17.5 Å². The van der Waals surface area contributed by atoms with Crippen molar-refractivity contribution in [3.8, 4) is 0 Å². The van der Waals surface area contributed by atoms with Gasteiger partial charge in [0, 0.05) is 18.0 Å². The van der Waals surface area contributed by atoms with Crippen LogP contribution in [0.2, 0.25) is 0 Å². The summed E-state index contributed by atoms with van der Waals surface area (Å²) >= 11 is 1.61. The van der Waals surface area contributed by atoms with Gasteiger partial charge in [-0.25, -0.2) is 9.59 Å². The molecule has 0 aliphatic heterocycles. The Kier molecular flexibility index (Phi) is 6.91. The van der Waals surface area contributed by atoms with Crippen LogP contribution < -0.4 is 5.32 Å². The van der Waals surface area contributed by atoms with Gasteiger partial charge >= 0.3 is 12.0 Å². The monoisotopic (exact) mass is 286 g/mol. The van der Waals surface area contributed by atoms with Crippen molar-refractivity contribution in [3.05, 3.63) is 22.4 Å². The third-order valence-corrected chi connectivity index (χ3v) is 3.21. The van der Waals surface area contributed by atoms with Crippen LogP contribution in [0.3, 0.4) is 0 Å². The van der Waals surface area contributed by atoms with Gasteiger partial charge < -0.3 is 20.1 Å². The zero-order valence-electron chi connectivity index (χ0n) is 10.8. The highest BCUT2D eigenvalue weighted by Gasteiger charge is 2.11. The average Bonchev–Trinajstić information content (AvgIpc) is 2.87. The van der Waals surface area contributed by atoms with Crippen molar-refractivity contribution in [3.63, 3.8) is 0 Å². The average molecular weight is 286 g/mol. The number of carbonyl (C=O) groups excluding carboxylic acids is 1. The van der Waals surface area contributed by atoms with E-state index in [1.807, 2.05) is 24.4 Å². The summed E-state index contributed by atoms with van der Waals surface area (Å²) < 4.78 is 4.83. The maximum Gasteiger partial charge on any atom is 0.329 e. The number of nitrogens with one attached hydrogen (secondary N) is 1. The van der Waals surface area contributed by atoms with Crippen molar-refractivity contribution in [1.29, 1.82) is 0 Å². The molecule has 0 spiro atoms. The Balaban J connectivity index is 2.24. The van der Waals surface area contributed by atoms with Gasteiger partial charge in [0.2, 0.25) is 0 Å². The number of thiophene rings is 1. The fourth-order valence-corrected chi connectivity index (χ4v) is 2.14. The number of ether oxygens (including phenoxy) is 1. The van der Waals surface area contributed by atoms with Crippen molar-refractivity contribution in [2.24, 2.45) is 0 Å². The zero-order chi connectivity index (χ0) is 14.1. The summed E-state index contributed by atoms with van der Waals surface area (Å²) in [4.78, 5) is 24.9. The van der Waals surface area contributed by atoms with E-state index in [-0.39, 0.29) is 19.2 Å². The number of hydrogen-bond donors (Lipinski definition) is 2. The van der Waals surface area contributed by atoms with Crippen LogP contribution in [0, 0.1) is 0 Å². The summed E-state index contributed by atoms with van der Waals surface area (Å²) in [5, 5.41) is 13.0. The Morgan fingerprint density at radius 3 is 2.89 bits per heavy atom. The van der Waals surface area contributed by atoms with Crippen molar-refractivity contribution < 1.29 is 19.4 Å². The van der Waals surface area contributed by atoms with Gasteiger partial charge in [0.05, 0.1) is 13.2 Å². The molecular formula is C12H18N2O4S. The highest BCUT2D eigenvalue weighted by Crippen LogP contribution is 2.11. The lowest BCUT2D eigenvalue weighted by Gasteiger charge is -2.20. The molecule has 2 amide bonds. The summed E-state index contributed by atoms with van der Waals surface area (Å²) in [6.45, 7) is 3.24. The Labute approximate surface area is 116 Å². The smallest absolute Gasteiger partial charge is 0.329 e. The number of carbonyl (C=O) groups is 2. The Hall–Kier alpha value is -1.60. The SMILES string of the molecule is CCN(Cc1cccs1)C(=O)NCCOCC(=O)O. The number of amides is 2. The molecule has 1 aromatic heterocycles. The molecule has 0 saturated carbocycles. The summed E-state index contributed by atoms with van der Waals surface area (Å²) in [5.41, 5.74) is 0. The van der Waals surface area contributed by atoms with Gasteiger partial charge in [-0.1, -0.05) is 6.07 Å². The molecule has 0 fully saturated rings. The second-order valence-corrected chi connectivity index (χ2v) is 4.80. The van der Waals surface area contributed by atoms with E-state index in [2.05, 4.69) is 5.32 Å². The van der Waals surface area contributed by atoms with E-state index in [1.54, 1.807) is 16.2 Å². The Morgan fingerprint density at radius 2 is 2.32 bits per heavy atom. The number of nitrogens with zero attached hydrogens (tertiary/aromatic N) is 1. The van der Waals surface area contributed by atoms with Crippen LogP contribution in [-0.2, 0) is 16.1 Å². The van der Waals surface area contributed by atoms with Gasteiger partial charge in [0.25, 0.3) is 0 Å². The van der Waals surface area contributed by atoms with Crippen molar-refractivity contribution in [2.45, 2.75) is 13.5 Å². The van der Waals surface area contributed by atoms with E-state index < -0.39 is 5.97 Å². The van der Waals surface area contributed by atoms with Gasteiger partial charge in [0.15, 0.2) is 0 Å². The standard InChI is InChI=1S/C12H18N2O4S/c1-2-14(8-10-4-3-7-19-10)12(17)13-5-6-18-9-11(15)16/h3-4,7H,2,5-6,8-9H2,1H3,(H,13,17)(H,15,16). The lowest BCUT2D eigenvalue weighted by Crippen LogP contribution is -2.40. The van der Waals surface area contributed by atoms with E-state index in [0.29, 0.717) is 19.6 Å². The number of carboxylic acid groups (broad SMARTS) is 1. The third-order valence-electron chi connectivity index (χ3n) is 2.34. The molecule has 0 atom stereocenters. The van der Waals surface area contributed by atoms with Crippen LogP contribution in [0.25, 0.3) is 0 Å². The zero-order valence-corrected chi connectivity index (χ0v) is 11.6. The molecule has 106 valence electrons. The maximum absolute atomic E-state index is 11.8. The molecule has 0 aliphatic carbocycles. The third kappa shape index (κ3) is 6.21. The Morgan fingerprint density at radius 1 is 1.53 bits per heavy atom. The summed E-state index contributed by atoms with van der Waals surface area (Å²) in [6, 6.07) is 3.76. The minimum absolute atomic E-state index is 0.171. The van der Waals surface area contributed by atoms with Gasteiger partial charge in [-0.15, -0.1) is 11.3 Å². The van der Waals surface area contributed by atoms with E-state index in [0.717, 1.165) is 4.88 Å². The highest BCUT2D eigenvalue weighted by molar-refractivity contribution is 7.09. The molecule has 1 rings (SSSR count). The van der Waals surface area contributed by atoms with Crippen molar-refractivity contribution in [2.75, 3.05) is 26.3 Å². The topological polar surface area (TPSA) is 78.9 Å². The minimum Gasteiger partial charge on any atom is -0.480 e. The first kappa shape index (κ1) is 15.5. The molecule has 0 unspecified atom stereocenters. The molecule has 6 nitrogen and oxygen atoms in total. The summed E-state index contributed by atoms with van der Waals surface area (Å²) in [7, 11) is 0. The van der Waals surface area contributed by atoms with E-state index in [4.69, 9.17) is 9.84 Å². The molecule has 19 heavy (non-hydrogen) atoms. The number of rotatable bonds is 8. The minimum atomic E-state index is -1.01. The first-order valence-corrected chi connectivity index (χ1v) is 6.86. The first-order chi connectivity index (χ1) is 9.13. The van der Waals surface area contributed by atoms with Crippen molar-refractivity contribution >= 4 is 23.3 Å². The second kappa shape index (κ2) is 8.49. The fourth-order valence-electron chi connectivity index (χ4n) is 1.42. The molecular weight excluding hydrogens is 268 g/mol. The number of hydrogen-bond acceptors (Lipinski definition) is 4. The van der Waals surface area contributed by atoms with E-state index in [1.165, 1.54) is 0 Å². The van der Waals surface area contributed by atoms with Gasteiger partial charge in [-0.3, -0.25) is 0 Å². The second-order valence-electron chi connectivity index (χ2n) is 3.77. The first-order valence-electron chi connectivity index (χ1n) is 5.98. The predicted molar refractivity (Wildman–Crippen MR) is 72.3 cm³/mol. The van der Waals surface area contributed by atoms with Crippen LogP contribution in [-0.4, -0.2) is 48.3 Å². The van der Waals surface area contributed by atoms with Crippen LogP contribution in [0.4, 0.5) is 4.79 Å². The number of carboxylic acids is 1. The van der Waals surface area contributed by atoms with Crippen LogP contribution in [0.5, 0.6) is 0 Å². The van der Waals surface area contributed by atoms with Gasteiger partial charge in [-0.2, -0.15) is 0 Å². The van der Waals surface area contributed by atoms with Gasteiger partial charge in [0.1, 0.15) is 6.61 Å². The van der Waals surface area contributed by atoms with E-state index in [9.17, 15) is 9.59 Å². The van der Waals surface area contributed by atoms with Crippen LogP contribution in [0.1, 0.15) is 11.8 Å². The lowest BCUT2D eigenvalue weighted by molar-refractivity contribution is -0.142. The fraction of sp³-hybridized carbons (Fsp3) is 0.500. The number of urea groups is 1. The summed E-state index contributed by atoms with van der Waals surface area (Å²) in [6.07, 6.45) is 0. The van der Waals surface area contributed by atoms with Crippen molar-refractivity contribution in [1.82, 2.24) is 10.2 Å². The molecule has 0 radical (unpaired) electrons. The number of aliphatic carboxylic acids is 1. The van der Waals surface area contributed by atoms with E-state index >= 15 is 0 Å². The molecule has 0 aromatic carbocycles. The summed E-state index contributed by atoms with van der Waals surface area (Å²) in [5.74, 6) is -1.01. The molecule has 7 heteroatoms. The maximum atomic E-state index is 11.8. The Bertz CT molecular complexity index is 394. The predicted octanol–water partition coefficient (Wildman–Crippen LogP) is 1.38. The molecule has 0 saturated heterocycles. The molecule has 1 heterocycles. The molecule has 2 N–H and O–H groups in total. The normalized spacial score (nSPS) is 10.2. The quantitative estimate of drug-likeness (QED) is 0.708. The molecule has 1 aromatic rings. The lowest BCUT2D eigenvalue weighted by atomic mass is 10.4. The molecule has 0 aliphatic rings. The van der Waals surface area contributed by atoms with Crippen LogP contribution >= 0.6 is 11.3 Å². The van der Waals surface area contributed by atoms with Gasteiger partial charge in [-0.05, 0) is 18.4 Å². The molecule has 0 bridgehead atoms. The largest absolute Gasteiger partial charge is 0.480 e. The highest BCUT2D eigenvalue weighted by atomic mass is 32.1.